The minimum atomic E-state index is -0.561. The largest absolute Gasteiger partial charge is 0.393 e. The number of ether oxygens (including phenoxy) is 1. The summed E-state index contributed by atoms with van der Waals surface area (Å²) in [7, 11) is 0. The number of unbranched alkanes of at least 4 members (excludes halogenated alkanes) is 1. The number of hydrogen-bond donors (Lipinski definition) is 3. The standard InChI is InChI=1S/C28H46O4/c1-27(2,31)13-5-3-4-6-17-32-26-11-15-28(16-12-26)14-7-8-22(21-28)9-10-23-18-24(29)20-25(30)19-23/h4,6,9-10,24-26,29-31H,3,5,7-8,11-21H2,1-2H3/b6-4+,22-9+/t24-,25-,26?,28?/m0/s1. The van der Waals surface area contributed by atoms with E-state index in [1.54, 1.807) is 5.57 Å². The van der Waals surface area contributed by atoms with E-state index in [4.69, 9.17) is 4.74 Å². The van der Waals surface area contributed by atoms with Crippen molar-refractivity contribution in [2.75, 3.05) is 6.61 Å². The molecule has 4 heteroatoms. The van der Waals surface area contributed by atoms with Crippen molar-refractivity contribution in [1.82, 2.24) is 0 Å². The smallest absolute Gasteiger partial charge is 0.0651 e. The molecule has 0 amide bonds. The Bertz CT molecular complexity index is 649. The highest BCUT2D eigenvalue weighted by Gasteiger charge is 2.37. The van der Waals surface area contributed by atoms with Crippen LogP contribution < -0.4 is 0 Å². The van der Waals surface area contributed by atoms with Gasteiger partial charge in [-0.25, -0.2) is 0 Å². The Morgan fingerprint density at radius 2 is 1.69 bits per heavy atom. The van der Waals surface area contributed by atoms with Crippen LogP contribution in [0.1, 0.15) is 104 Å². The second-order valence-corrected chi connectivity index (χ2v) is 11.3. The van der Waals surface area contributed by atoms with Crippen molar-refractivity contribution in [3.8, 4) is 0 Å². The minimum Gasteiger partial charge on any atom is -0.393 e. The molecule has 3 aliphatic carbocycles. The molecule has 4 nitrogen and oxygen atoms in total. The van der Waals surface area contributed by atoms with Crippen LogP contribution in [0.5, 0.6) is 0 Å². The fraction of sp³-hybridized carbons (Fsp3) is 0.786. The molecule has 0 saturated heterocycles. The molecule has 3 saturated carbocycles. The van der Waals surface area contributed by atoms with Gasteiger partial charge in [-0.1, -0.05) is 35.5 Å². The van der Waals surface area contributed by atoms with E-state index in [9.17, 15) is 15.3 Å². The summed E-state index contributed by atoms with van der Waals surface area (Å²) in [5, 5.41) is 29.6. The lowest BCUT2D eigenvalue weighted by Gasteiger charge is -2.43. The molecule has 3 N–H and O–H groups in total. The predicted octanol–water partition coefficient (Wildman–Crippen LogP) is 5.76. The van der Waals surface area contributed by atoms with Crippen molar-refractivity contribution in [3.05, 3.63) is 35.5 Å². The molecule has 0 aromatic heterocycles. The van der Waals surface area contributed by atoms with Crippen molar-refractivity contribution in [2.24, 2.45) is 5.41 Å². The van der Waals surface area contributed by atoms with E-state index >= 15 is 0 Å². The van der Waals surface area contributed by atoms with Gasteiger partial charge in [0.1, 0.15) is 0 Å². The van der Waals surface area contributed by atoms with Crippen molar-refractivity contribution >= 4 is 0 Å². The summed E-state index contributed by atoms with van der Waals surface area (Å²) < 4.78 is 6.13. The third kappa shape index (κ3) is 8.78. The van der Waals surface area contributed by atoms with Crippen molar-refractivity contribution < 1.29 is 20.1 Å². The normalized spacial score (nSPS) is 33.3. The third-order valence-corrected chi connectivity index (χ3v) is 7.65. The van der Waals surface area contributed by atoms with E-state index in [-0.39, 0.29) is 12.2 Å². The van der Waals surface area contributed by atoms with Gasteiger partial charge in [0.05, 0.1) is 30.5 Å². The van der Waals surface area contributed by atoms with Crippen LogP contribution in [0, 0.1) is 5.41 Å². The first-order valence-electron chi connectivity index (χ1n) is 13.0. The molecule has 0 bridgehead atoms. The number of rotatable bonds is 8. The molecular formula is C28H46O4. The number of hydrogen-bond acceptors (Lipinski definition) is 4. The van der Waals surface area contributed by atoms with Gasteiger partial charge in [0.15, 0.2) is 0 Å². The average molecular weight is 447 g/mol. The van der Waals surface area contributed by atoms with E-state index in [0.29, 0.717) is 37.4 Å². The van der Waals surface area contributed by atoms with Crippen LogP contribution >= 0.6 is 0 Å². The van der Waals surface area contributed by atoms with Crippen LogP contribution in [-0.2, 0) is 4.74 Å². The van der Waals surface area contributed by atoms with E-state index in [1.807, 2.05) is 13.8 Å². The fourth-order valence-corrected chi connectivity index (χ4v) is 5.86. The molecule has 32 heavy (non-hydrogen) atoms. The zero-order valence-electron chi connectivity index (χ0n) is 20.4. The lowest BCUT2D eigenvalue weighted by molar-refractivity contribution is 0.00277. The van der Waals surface area contributed by atoms with Crippen LogP contribution in [0.2, 0.25) is 0 Å². The lowest BCUT2D eigenvalue weighted by Crippen LogP contribution is -2.33. The molecule has 0 radical (unpaired) electrons. The summed E-state index contributed by atoms with van der Waals surface area (Å²) in [4.78, 5) is 0. The summed E-state index contributed by atoms with van der Waals surface area (Å²) in [5.74, 6) is 0. The molecule has 0 heterocycles. The molecule has 3 rings (SSSR count). The maximum absolute atomic E-state index is 9.91. The van der Waals surface area contributed by atoms with Gasteiger partial charge >= 0.3 is 0 Å². The Kier molecular flexibility index (Phi) is 9.60. The Labute approximate surface area is 195 Å². The van der Waals surface area contributed by atoms with Gasteiger partial charge in [0.25, 0.3) is 0 Å². The van der Waals surface area contributed by atoms with Crippen LogP contribution in [0.25, 0.3) is 0 Å². The molecule has 1 spiro atoms. The maximum atomic E-state index is 9.91. The first-order valence-corrected chi connectivity index (χ1v) is 13.0. The Balaban J connectivity index is 1.39. The highest BCUT2D eigenvalue weighted by Crippen LogP contribution is 2.49. The number of aliphatic hydroxyl groups excluding tert-OH is 2. The van der Waals surface area contributed by atoms with Crippen LogP contribution in [-0.4, -0.2) is 45.8 Å². The molecule has 2 atom stereocenters. The molecule has 182 valence electrons. The lowest BCUT2D eigenvalue weighted by atomic mass is 9.63. The summed E-state index contributed by atoms with van der Waals surface area (Å²) in [6.45, 7) is 4.44. The number of aliphatic hydroxyl groups is 3. The van der Waals surface area contributed by atoms with Gasteiger partial charge in [-0.2, -0.15) is 0 Å². The molecule has 0 unspecified atom stereocenters. The summed E-state index contributed by atoms with van der Waals surface area (Å²) in [6.07, 6.45) is 23.1. The Hall–Kier alpha value is -0.940. The highest BCUT2D eigenvalue weighted by atomic mass is 16.5. The van der Waals surface area contributed by atoms with Gasteiger partial charge in [-0.15, -0.1) is 0 Å². The minimum absolute atomic E-state index is 0.390. The average Bonchev–Trinajstić information content (AvgIpc) is 2.72. The zero-order chi connectivity index (χ0) is 23.0. The predicted molar refractivity (Wildman–Crippen MR) is 130 cm³/mol. The van der Waals surface area contributed by atoms with Crippen molar-refractivity contribution in [3.63, 3.8) is 0 Å². The first kappa shape index (κ1) is 25.7. The van der Waals surface area contributed by atoms with Gasteiger partial charge in [-0.05, 0) is 109 Å². The molecule has 0 aliphatic heterocycles. The van der Waals surface area contributed by atoms with Crippen LogP contribution in [0.3, 0.4) is 0 Å². The van der Waals surface area contributed by atoms with Gasteiger partial charge in [0.2, 0.25) is 0 Å². The molecule has 3 aliphatic rings. The topological polar surface area (TPSA) is 69.9 Å². The monoisotopic (exact) mass is 446 g/mol. The summed E-state index contributed by atoms with van der Waals surface area (Å²) >= 11 is 0. The van der Waals surface area contributed by atoms with Crippen LogP contribution in [0.15, 0.2) is 35.5 Å². The van der Waals surface area contributed by atoms with Gasteiger partial charge in [0, 0.05) is 0 Å². The van der Waals surface area contributed by atoms with E-state index in [0.717, 1.165) is 19.3 Å². The second kappa shape index (κ2) is 12.0. The van der Waals surface area contributed by atoms with Crippen molar-refractivity contribution in [2.45, 2.75) is 128 Å². The Morgan fingerprint density at radius 1 is 1.00 bits per heavy atom. The van der Waals surface area contributed by atoms with Gasteiger partial charge < -0.3 is 20.1 Å². The van der Waals surface area contributed by atoms with Crippen LogP contribution in [0.4, 0.5) is 0 Å². The highest BCUT2D eigenvalue weighted by molar-refractivity contribution is 5.22. The molecular weight excluding hydrogens is 400 g/mol. The summed E-state index contributed by atoms with van der Waals surface area (Å²) in [6, 6.07) is 0. The SMILES string of the molecule is CC(C)(O)CCC/C=C/COC1CCC2(CCC/C(=C\C=C3C[C@H](O)C[C@@H](O)C3)C2)CC1. The first-order chi connectivity index (χ1) is 15.2. The third-order valence-electron chi connectivity index (χ3n) is 7.65. The maximum Gasteiger partial charge on any atom is 0.0651 e. The molecule has 3 fully saturated rings. The second-order valence-electron chi connectivity index (χ2n) is 11.3. The molecule has 0 aromatic carbocycles. The fourth-order valence-electron chi connectivity index (χ4n) is 5.86. The zero-order valence-corrected chi connectivity index (χ0v) is 20.4. The number of allylic oxidation sites excluding steroid dienone is 4. The summed E-state index contributed by atoms with van der Waals surface area (Å²) in [5.41, 5.74) is 2.63. The quantitative estimate of drug-likeness (QED) is 0.327. The van der Waals surface area contributed by atoms with E-state index in [2.05, 4.69) is 24.3 Å². The Morgan fingerprint density at radius 3 is 2.38 bits per heavy atom. The van der Waals surface area contributed by atoms with E-state index in [1.165, 1.54) is 56.9 Å². The van der Waals surface area contributed by atoms with Crippen molar-refractivity contribution in [1.29, 1.82) is 0 Å². The van der Waals surface area contributed by atoms with Gasteiger partial charge in [-0.3, -0.25) is 0 Å². The molecule has 0 aromatic rings. The van der Waals surface area contributed by atoms with E-state index < -0.39 is 5.60 Å².